The predicted octanol–water partition coefficient (Wildman–Crippen LogP) is 3.44. The fourth-order valence-electron chi connectivity index (χ4n) is 3.04. The van der Waals surface area contributed by atoms with Crippen LogP contribution in [0.2, 0.25) is 0 Å². The molecule has 3 heteroatoms. The summed E-state index contributed by atoms with van der Waals surface area (Å²) in [4.78, 5) is 11.9. The minimum absolute atomic E-state index is 0.0700. The first-order valence-electron chi connectivity index (χ1n) is 7.52. The average molecular weight is 287 g/mol. The number of fused-ring (bicyclic) bond motifs is 1. The standard InChI is InChI=1S/C18H25NO2/c1-7-21-16(20)9-15-17-13(4)12(3)11(2)8-14(17)10-18(5,6)19-15/h8-9,19H,7,10H2,1-6H3/b15-9-. The number of rotatable bonds is 2. The van der Waals surface area contributed by atoms with E-state index in [1.807, 2.05) is 6.92 Å². The Balaban J connectivity index is 2.60. The molecular formula is C18H25NO2. The van der Waals surface area contributed by atoms with Crippen molar-refractivity contribution in [2.75, 3.05) is 6.61 Å². The van der Waals surface area contributed by atoms with Gasteiger partial charge in [-0.25, -0.2) is 4.79 Å². The molecule has 21 heavy (non-hydrogen) atoms. The molecule has 1 aromatic carbocycles. The van der Waals surface area contributed by atoms with Gasteiger partial charge in [0.15, 0.2) is 0 Å². The lowest BCUT2D eigenvalue weighted by molar-refractivity contribution is -0.137. The lowest BCUT2D eigenvalue weighted by atomic mass is 9.81. The van der Waals surface area contributed by atoms with Crippen LogP contribution in [-0.4, -0.2) is 18.1 Å². The third-order valence-corrected chi connectivity index (χ3v) is 4.16. The van der Waals surface area contributed by atoms with Gasteiger partial charge in [0.2, 0.25) is 0 Å². The Bertz CT molecular complexity index is 612. The molecule has 114 valence electrons. The molecule has 1 aliphatic rings. The summed E-state index contributed by atoms with van der Waals surface area (Å²) in [5, 5.41) is 3.49. The largest absolute Gasteiger partial charge is 0.463 e. The first-order chi connectivity index (χ1) is 9.75. The Morgan fingerprint density at radius 1 is 1.33 bits per heavy atom. The summed E-state index contributed by atoms with van der Waals surface area (Å²) in [5.41, 5.74) is 7.09. The first-order valence-corrected chi connectivity index (χ1v) is 7.52. The number of carbonyl (C=O) groups excluding carboxylic acids is 1. The monoisotopic (exact) mass is 287 g/mol. The van der Waals surface area contributed by atoms with E-state index in [4.69, 9.17) is 4.74 Å². The molecule has 0 spiro atoms. The number of esters is 1. The Labute approximate surface area is 127 Å². The van der Waals surface area contributed by atoms with E-state index in [-0.39, 0.29) is 11.5 Å². The summed E-state index contributed by atoms with van der Waals surface area (Å²) in [5.74, 6) is -0.290. The number of benzene rings is 1. The molecular weight excluding hydrogens is 262 g/mol. The molecule has 0 unspecified atom stereocenters. The highest BCUT2D eigenvalue weighted by molar-refractivity contribution is 5.92. The summed E-state index contributed by atoms with van der Waals surface area (Å²) in [6, 6.07) is 2.25. The van der Waals surface area contributed by atoms with Crippen LogP contribution >= 0.6 is 0 Å². The molecule has 1 aliphatic heterocycles. The lowest BCUT2D eigenvalue weighted by Gasteiger charge is -2.37. The number of carbonyl (C=O) groups is 1. The van der Waals surface area contributed by atoms with Crippen LogP contribution in [0, 0.1) is 20.8 Å². The number of ether oxygens (including phenoxy) is 1. The SMILES string of the molecule is CCOC(=O)/C=C1\NC(C)(C)Cc2cc(C)c(C)c(C)c21. The van der Waals surface area contributed by atoms with Crippen LogP contribution in [0.5, 0.6) is 0 Å². The summed E-state index contributed by atoms with van der Waals surface area (Å²) in [7, 11) is 0. The fraction of sp³-hybridized carbons (Fsp3) is 0.500. The van der Waals surface area contributed by atoms with Crippen molar-refractivity contribution in [3.05, 3.63) is 40.0 Å². The topological polar surface area (TPSA) is 38.3 Å². The van der Waals surface area contributed by atoms with Crippen LogP contribution in [0.1, 0.15) is 48.6 Å². The van der Waals surface area contributed by atoms with Gasteiger partial charge < -0.3 is 10.1 Å². The summed E-state index contributed by atoms with van der Waals surface area (Å²) < 4.78 is 5.07. The molecule has 0 saturated heterocycles. The zero-order valence-electron chi connectivity index (χ0n) is 13.9. The van der Waals surface area contributed by atoms with Crippen molar-refractivity contribution in [3.8, 4) is 0 Å². The van der Waals surface area contributed by atoms with Gasteiger partial charge in [-0.3, -0.25) is 0 Å². The van der Waals surface area contributed by atoms with Crippen molar-refractivity contribution < 1.29 is 9.53 Å². The van der Waals surface area contributed by atoms with Gasteiger partial charge in [0, 0.05) is 22.9 Å². The van der Waals surface area contributed by atoms with Crippen molar-refractivity contribution in [1.29, 1.82) is 0 Å². The molecule has 0 radical (unpaired) electrons. The maximum absolute atomic E-state index is 11.9. The molecule has 1 N–H and O–H groups in total. The van der Waals surface area contributed by atoms with E-state index in [9.17, 15) is 4.79 Å². The molecule has 1 aromatic rings. The van der Waals surface area contributed by atoms with E-state index in [0.717, 1.165) is 17.7 Å². The Hall–Kier alpha value is -1.77. The van der Waals surface area contributed by atoms with Crippen LogP contribution in [0.3, 0.4) is 0 Å². The second-order valence-corrected chi connectivity index (χ2v) is 6.47. The minimum atomic E-state index is -0.290. The molecule has 0 aromatic heterocycles. The normalized spacial score (nSPS) is 18.1. The second kappa shape index (κ2) is 5.55. The van der Waals surface area contributed by atoms with E-state index >= 15 is 0 Å². The van der Waals surface area contributed by atoms with E-state index in [0.29, 0.717) is 6.61 Å². The molecule has 1 heterocycles. The molecule has 0 fully saturated rings. The molecule has 0 saturated carbocycles. The maximum atomic E-state index is 11.9. The average Bonchev–Trinajstić information content (AvgIpc) is 2.34. The quantitative estimate of drug-likeness (QED) is 0.669. The highest BCUT2D eigenvalue weighted by atomic mass is 16.5. The minimum Gasteiger partial charge on any atom is -0.463 e. The van der Waals surface area contributed by atoms with Gasteiger partial charge in [0.05, 0.1) is 6.61 Å². The van der Waals surface area contributed by atoms with Crippen LogP contribution in [0.25, 0.3) is 5.70 Å². The van der Waals surface area contributed by atoms with Crippen LogP contribution < -0.4 is 5.32 Å². The maximum Gasteiger partial charge on any atom is 0.332 e. The van der Waals surface area contributed by atoms with Gasteiger partial charge in [-0.05, 0) is 70.2 Å². The fourth-order valence-corrected chi connectivity index (χ4v) is 3.04. The Morgan fingerprint density at radius 2 is 2.00 bits per heavy atom. The van der Waals surface area contributed by atoms with Gasteiger partial charge >= 0.3 is 5.97 Å². The van der Waals surface area contributed by atoms with Crippen molar-refractivity contribution in [2.24, 2.45) is 0 Å². The van der Waals surface area contributed by atoms with E-state index in [1.165, 1.54) is 22.3 Å². The lowest BCUT2D eigenvalue weighted by Crippen LogP contribution is -2.44. The molecule has 0 amide bonds. The zero-order valence-corrected chi connectivity index (χ0v) is 13.9. The highest BCUT2D eigenvalue weighted by Gasteiger charge is 2.30. The smallest absolute Gasteiger partial charge is 0.332 e. The molecule has 0 bridgehead atoms. The Morgan fingerprint density at radius 3 is 2.62 bits per heavy atom. The predicted molar refractivity (Wildman–Crippen MR) is 86.2 cm³/mol. The van der Waals surface area contributed by atoms with E-state index < -0.39 is 0 Å². The summed E-state index contributed by atoms with van der Waals surface area (Å²) >= 11 is 0. The van der Waals surface area contributed by atoms with Crippen molar-refractivity contribution >= 4 is 11.7 Å². The molecule has 0 atom stereocenters. The van der Waals surface area contributed by atoms with Gasteiger partial charge in [-0.1, -0.05) is 6.07 Å². The number of hydrogen-bond acceptors (Lipinski definition) is 3. The molecule has 3 nitrogen and oxygen atoms in total. The molecule has 0 aliphatic carbocycles. The third kappa shape index (κ3) is 3.12. The zero-order chi connectivity index (χ0) is 15.8. The second-order valence-electron chi connectivity index (χ2n) is 6.47. The number of hydrogen-bond donors (Lipinski definition) is 1. The van der Waals surface area contributed by atoms with E-state index in [1.54, 1.807) is 6.08 Å². The Kier molecular flexibility index (Phi) is 4.13. The van der Waals surface area contributed by atoms with Crippen LogP contribution in [-0.2, 0) is 16.0 Å². The first kappa shape index (κ1) is 15.6. The number of aryl methyl sites for hydroxylation is 1. The van der Waals surface area contributed by atoms with Gasteiger partial charge in [-0.2, -0.15) is 0 Å². The van der Waals surface area contributed by atoms with Crippen molar-refractivity contribution in [3.63, 3.8) is 0 Å². The van der Waals surface area contributed by atoms with E-state index in [2.05, 4.69) is 46.0 Å². The van der Waals surface area contributed by atoms with Crippen molar-refractivity contribution in [2.45, 2.75) is 53.5 Å². The third-order valence-electron chi connectivity index (χ3n) is 4.16. The van der Waals surface area contributed by atoms with Gasteiger partial charge in [0.25, 0.3) is 0 Å². The number of nitrogens with one attached hydrogen (secondary N) is 1. The van der Waals surface area contributed by atoms with Crippen molar-refractivity contribution in [1.82, 2.24) is 5.32 Å². The van der Waals surface area contributed by atoms with Gasteiger partial charge in [0.1, 0.15) is 0 Å². The van der Waals surface area contributed by atoms with Crippen LogP contribution in [0.4, 0.5) is 0 Å². The van der Waals surface area contributed by atoms with Gasteiger partial charge in [-0.15, -0.1) is 0 Å². The molecule has 2 rings (SSSR count). The highest BCUT2D eigenvalue weighted by Crippen LogP contribution is 2.34. The summed E-state index contributed by atoms with van der Waals surface area (Å²) in [6.45, 7) is 12.9. The van der Waals surface area contributed by atoms with Crippen LogP contribution in [0.15, 0.2) is 12.1 Å². The summed E-state index contributed by atoms with van der Waals surface area (Å²) in [6.07, 6.45) is 2.54.